The molecule has 5 aliphatic heterocycles. The summed E-state index contributed by atoms with van der Waals surface area (Å²) in [6.07, 6.45) is 14.3. The molecule has 10 atom stereocenters. The van der Waals surface area contributed by atoms with Crippen LogP contribution in [0.1, 0.15) is 118 Å². The molecule has 0 amide bonds. The Hall–Kier alpha value is -6.60. The molecule has 5 saturated heterocycles. The van der Waals surface area contributed by atoms with Gasteiger partial charge in [0.25, 0.3) is 0 Å². The van der Waals surface area contributed by atoms with Crippen molar-refractivity contribution in [3.05, 3.63) is 91.1 Å². The summed E-state index contributed by atoms with van der Waals surface area (Å²) in [5.74, 6) is -10.8. The smallest absolute Gasteiger partial charge is 0.309 e. The van der Waals surface area contributed by atoms with Gasteiger partial charge in [-0.3, -0.25) is 24.0 Å². The Morgan fingerprint density at radius 3 is 0.973 bits per heavy atom. The Kier molecular flexibility index (Phi) is 14.1. The zero-order valence-corrected chi connectivity index (χ0v) is 43.5. The van der Waals surface area contributed by atoms with E-state index >= 15 is 0 Å². The molecule has 5 aromatic heterocycles. The number of carbonyl (C=O) groups is 5. The zero-order chi connectivity index (χ0) is 69.0. The Bertz CT molecular complexity index is 3350. The molecule has 410 valence electrons. The SMILES string of the molecule is [2H]C([2H])(C)[C@]1([2H])C(=O)OC[C@@H]1Cc1cncn1C.[2H]C([2H])([2H])n1cncc1C[C@H]1COC(=O)[C@@]1([2H])C([2H])([2H])C.[2H]C([2H])([2H])n1cncc1C[C@H]1COC(=O)[C@@]1([2H])CC.[2H]C([2H])([2H])n1cncc1C[C@H]1COC(=O)[C@H]1CC.[2H][C@@]1(CC)C(=O)OC[C@@H]1Cc1cncn1C. The van der Waals surface area contributed by atoms with Gasteiger partial charge in [-0.25, -0.2) is 24.9 Å². The van der Waals surface area contributed by atoms with Crippen LogP contribution in [0.25, 0.3) is 0 Å². The Morgan fingerprint density at radius 1 is 0.427 bits per heavy atom. The van der Waals surface area contributed by atoms with Crippen LogP contribution in [0.2, 0.25) is 0 Å². The predicted octanol–water partition coefficient (Wildman–Crippen LogP) is 5.81. The van der Waals surface area contributed by atoms with E-state index in [1.54, 1.807) is 42.7 Å². The second-order valence-corrected chi connectivity index (χ2v) is 18.4. The summed E-state index contributed by atoms with van der Waals surface area (Å²) >= 11 is 0. The minimum absolute atomic E-state index is 0.0288. The molecule has 0 radical (unpaired) electrons. The van der Waals surface area contributed by atoms with Crippen LogP contribution in [-0.2, 0) is 115 Å². The fourth-order valence-electron chi connectivity index (χ4n) is 9.41. The lowest BCUT2D eigenvalue weighted by molar-refractivity contribution is -0.142. The van der Waals surface area contributed by atoms with Gasteiger partial charge in [-0.2, -0.15) is 0 Å². The minimum Gasteiger partial charge on any atom is -0.465 e. The van der Waals surface area contributed by atoms with Gasteiger partial charge in [0.15, 0.2) is 0 Å². The number of hydrogen-bond donors (Lipinski definition) is 0. The van der Waals surface area contributed by atoms with Gasteiger partial charge in [0.1, 0.15) is 0 Å². The van der Waals surface area contributed by atoms with E-state index in [1.807, 2.05) is 32.5 Å². The van der Waals surface area contributed by atoms with Gasteiger partial charge in [0.2, 0.25) is 0 Å². The molecule has 5 aliphatic rings. The van der Waals surface area contributed by atoms with Gasteiger partial charge in [-0.15, -0.1) is 0 Å². The number of imidazole rings is 5. The molecule has 5 aromatic rings. The van der Waals surface area contributed by atoms with Crippen molar-refractivity contribution in [2.45, 2.75) is 98.7 Å². The van der Waals surface area contributed by atoms with E-state index in [1.165, 1.54) is 36.5 Å². The lowest BCUT2D eigenvalue weighted by Gasteiger charge is -2.12. The predicted molar refractivity (Wildman–Crippen MR) is 276 cm³/mol. The molecule has 10 rings (SSSR count). The summed E-state index contributed by atoms with van der Waals surface area (Å²) in [5, 5.41) is 0. The standard InChI is InChI=1S/5C11H16N2O2/c5*1-3-10-8(6-15-11(10)14)4-9-5-12-7-13(9)2/h5*5,7-8,10H,3-4,6H2,1-2H3/t5*8-,10-/m00000/s1/i2D3,3D2,10D;3D2,10D;2D3,10D;10D;2D3. The number of cyclic esters (lactones) is 5. The van der Waals surface area contributed by atoms with Gasteiger partial charge < -0.3 is 46.5 Å². The fraction of sp³-hybridized carbons (Fsp3) is 0.636. The largest absolute Gasteiger partial charge is 0.465 e. The number of aryl methyl sites for hydroxylation is 5. The molecule has 0 spiro atoms. The van der Waals surface area contributed by atoms with Crippen molar-refractivity contribution in [3.63, 3.8) is 0 Å². The first-order valence-corrected chi connectivity index (χ1v) is 24.8. The van der Waals surface area contributed by atoms with Crippen molar-refractivity contribution in [1.29, 1.82) is 0 Å². The number of rotatable bonds is 15. The van der Waals surface area contributed by atoms with Crippen LogP contribution >= 0.6 is 0 Å². The summed E-state index contributed by atoms with van der Waals surface area (Å²) in [4.78, 5) is 77.6. The fourth-order valence-corrected chi connectivity index (χ4v) is 9.41. The molecular weight excluding hydrogens is 961 g/mol. The molecule has 0 saturated carbocycles. The third kappa shape index (κ3) is 15.1. The number of nitrogens with zero attached hydrogens (tertiary/aromatic N) is 10. The first-order chi connectivity index (χ1) is 42.5. The molecule has 10 heterocycles. The van der Waals surface area contributed by atoms with Crippen LogP contribution in [-0.4, -0.2) is 111 Å². The summed E-state index contributed by atoms with van der Waals surface area (Å²) < 4.78 is 162. The highest BCUT2D eigenvalue weighted by molar-refractivity contribution is 5.76. The second kappa shape index (κ2) is 27.8. The maximum Gasteiger partial charge on any atom is 0.309 e. The van der Waals surface area contributed by atoms with E-state index < -0.39 is 87.0 Å². The minimum atomic E-state index is -2.41. The number of hydrogen-bond acceptors (Lipinski definition) is 15. The van der Waals surface area contributed by atoms with Crippen LogP contribution in [0, 0.1) is 59.1 Å². The quantitative estimate of drug-likeness (QED) is 0.0892. The number of esters is 5. The molecule has 75 heavy (non-hydrogen) atoms. The average molecular weight is 1060 g/mol. The summed E-state index contributed by atoms with van der Waals surface area (Å²) in [6.45, 7) is 1.86. The van der Waals surface area contributed by atoms with Gasteiger partial charge in [0.05, 0.1) is 94.2 Å². The van der Waals surface area contributed by atoms with E-state index in [9.17, 15) is 24.0 Å². The van der Waals surface area contributed by atoms with Crippen molar-refractivity contribution < 1.29 is 71.0 Å². The second-order valence-electron chi connectivity index (χ2n) is 18.4. The van der Waals surface area contributed by atoms with Crippen molar-refractivity contribution in [2.24, 2.45) is 94.1 Å². The molecule has 0 aliphatic carbocycles. The van der Waals surface area contributed by atoms with Crippen LogP contribution in [0.3, 0.4) is 0 Å². The third-order valence-electron chi connectivity index (χ3n) is 13.8. The molecule has 0 aromatic carbocycles. The molecule has 20 nitrogen and oxygen atoms in total. The molecule has 0 unspecified atom stereocenters. The lowest BCUT2D eigenvalue weighted by atomic mass is 9.89. The van der Waals surface area contributed by atoms with E-state index in [4.69, 9.17) is 47.0 Å². The first kappa shape index (κ1) is 38.0. The molecule has 0 bridgehead atoms. The number of ether oxygens (including phenoxy) is 5. The maximum absolute atomic E-state index is 11.8. The van der Waals surface area contributed by atoms with Crippen LogP contribution in [0.15, 0.2) is 62.6 Å². The van der Waals surface area contributed by atoms with Gasteiger partial charge >= 0.3 is 29.8 Å². The zero-order valence-electron chi connectivity index (χ0n) is 60.5. The number of aromatic nitrogens is 10. The van der Waals surface area contributed by atoms with E-state index in [-0.39, 0.29) is 61.9 Å². The Labute approximate surface area is 465 Å². The molecule has 20 heteroatoms. The van der Waals surface area contributed by atoms with Crippen molar-refractivity contribution in [1.82, 2.24) is 47.8 Å². The van der Waals surface area contributed by atoms with Crippen LogP contribution in [0.4, 0.5) is 0 Å². The Balaban J connectivity index is 0.000000183. The summed E-state index contributed by atoms with van der Waals surface area (Å²) in [6, 6.07) is 0. The van der Waals surface area contributed by atoms with Gasteiger partial charge in [-0.1, -0.05) is 34.6 Å². The summed E-state index contributed by atoms with van der Waals surface area (Å²) in [5.41, 5.74) is 3.33. The monoisotopic (exact) mass is 1060 g/mol. The van der Waals surface area contributed by atoms with E-state index in [0.717, 1.165) is 33.8 Å². The van der Waals surface area contributed by atoms with E-state index in [2.05, 4.69) is 24.9 Å². The van der Waals surface area contributed by atoms with Crippen LogP contribution in [0.5, 0.6) is 0 Å². The normalized spacial score (nSPS) is 33.7. The Morgan fingerprint density at radius 2 is 0.693 bits per heavy atom. The molecule has 5 fully saturated rings. The highest BCUT2D eigenvalue weighted by atomic mass is 16.6. The average Bonchev–Trinajstić information content (AvgIpc) is 1.57. The topological polar surface area (TPSA) is 221 Å². The van der Waals surface area contributed by atoms with Gasteiger partial charge in [0, 0.05) is 147 Å². The van der Waals surface area contributed by atoms with Gasteiger partial charge in [-0.05, 0) is 64.1 Å². The molecule has 0 N–H and O–H groups in total. The van der Waals surface area contributed by atoms with Crippen LogP contribution < -0.4 is 0 Å². The summed E-state index contributed by atoms with van der Waals surface area (Å²) in [7, 11) is 3.74. The lowest BCUT2D eigenvalue weighted by Crippen LogP contribution is -2.18. The first-order valence-electron chi connectivity index (χ1n) is 33.3. The highest BCUT2D eigenvalue weighted by Gasteiger charge is 2.39. The molecular formula is C55H80N10O10. The van der Waals surface area contributed by atoms with Crippen molar-refractivity contribution in [3.8, 4) is 0 Å². The number of carbonyl (C=O) groups excluding carboxylic acids is 5. The van der Waals surface area contributed by atoms with E-state index in [0.29, 0.717) is 75.2 Å². The maximum atomic E-state index is 11.8. The third-order valence-corrected chi connectivity index (χ3v) is 13.8. The van der Waals surface area contributed by atoms with Crippen molar-refractivity contribution >= 4 is 29.8 Å². The van der Waals surface area contributed by atoms with Crippen molar-refractivity contribution in [2.75, 3.05) is 33.0 Å². The highest BCUT2D eigenvalue weighted by Crippen LogP contribution is 2.32.